The zero-order valence-electron chi connectivity index (χ0n) is 14.7. The molecule has 3 aliphatic rings. The largest absolute Gasteiger partial charge is 1.00 e. The summed E-state index contributed by atoms with van der Waals surface area (Å²) in [6.07, 6.45) is 11.0. The van der Waals surface area contributed by atoms with Crippen LogP contribution in [-0.4, -0.2) is 5.97 Å². The topological polar surface area (TPSA) is 40.1 Å². The standard InChI is InChI=1S/C20H30O2.Ag/c1-13(2)14-6-8-16-15(12-14)7-9-17-19(16,3)10-5-11-20(17,4)18(21)22;/h7,12-13,16-17H,5-6,8-11H2,1-4H3,(H,21,22);/q;+1/p-1/t16-,17?,19+,20+;/m0./s1. The van der Waals surface area contributed by atoms with E-state index in [4.69, 9.17) is 0 Å². The van der Waals surface area contributed by atoms with Crippen molar-refractivity contribution in [3.63, 3.8) is 0 Å². The van der Waals surface area contributed by atoms with E-state index < -0.39 is 11.4 Å². The number of aliphatic carboxylic acids is 1. The molecule has 2 nitrogen and oxygen atoms in total. The van der Waals surface area contributed by atoms with Gasteiger partial charge in [0.15, 0.2) is 0 Å². The van der Waals surface area contributed by atoms with E-state index in [0.29, 0.717) is 11.8 Å². The SMILES string of the molecule is CC(C)C1=CC2=CCC3[C@](C)(C(=O)[O-])CCC[C@]3(C)[C@H]2CC1.[Ag+]. The van der Waals surface area contributed by atoms with Crippen molar-refractivity contribution < 1.29 is 32.3 Å². The van der Waals surface area contributed by atoms with Gasteiger partial charge in [0.1, 0.15) is 0 Å². The molecule has 0 N–H and O–H groups in total. The minimum absolute atomic E-state index is 0. The Bertz CT molecular complexity index is 548. The third kappa shape index (κ3) is 2.92. The molecule has 0 aliphatic heterocycles. The average molecular weight is 409 g/mol. The zero-order chi connectivity index (χ0) is 16.1. The number of hydrogen-bond acceptors (Lipinski definition) is 2. The number of allylic oxidation sites excluding steroid dienone is 4. The molecule has 23 heavy (non-hydrogen) atoms. The van der Waals surface area contributed by atoms with E-state index in [2.05, 4.69) is 32.9 Å². The summed E-state index contributed by atoms with van der Waals surface area (Å²) in [7, 11) is 0. The molecule has 0 amide bonds. The van der Waals surface area contributed by atoms with Crippen LogP contribution in [0, 0.1) is 28.6 Å². The van der Waals surface area contributed by atoms with Gasteiger partial charge in [0.2, 0.25) is 0 Å². The van der Waals surface area contributed by atoms with Crippen molar-refractivity contribution in [1.29, 1.82) is 0 Å². The van der Waals surface area contributed by atoms with Gasteiger partial charge in [-0.1, -0.05) is 51.8 Å². The second-order valence-electron chi connectivity index (χ2n) is 8.52. The molecule has 132 valence electrons. The summed E-state index contributed by atoms with van der Waals surface area (Å²) in [5, 5.41) is 11.8. The smallest absolute Gasteiger partial charge is 0.550 e. The van der Waals surface area contributed by atoms with E-state index in [1.807, 2.05) is 6.92 Å². The summed E-state index contributed by atoms with van der Waals surface area (Å²) in [5.41, 5.74) is 2.51. The Labute approximate surface area is 156 Å². The molecule has 0 saturated heterocycles. The van der Waals surface area contributed by atoms with Crippen molar-refractivity contribution in [1.82, 2.24) is 0 Å². The number of carbonyl (C=O) groups is 1. The van der Waals surface area contributed by atoms with Crippen LogP contribution in [0.1, 0.15) is 66.2 Å². The fraction of sp³-hybridized carbons (Fsp3) is 0.750. The maximum atomic E-state index is 11.8. The van der Waals surface area contributed by atoms with Crippen LogP contribution in [0.2, 0.25) is 0 Å². The Morgan fingerprint density at radius 2 is 2.00 bits per heavy atom. The molecule has 0 aromatic rings. The maximum absolute atomic E-state index is 11.8. The van der Waals surface area contributed by atoms with Gasteiger partial charge < -0.3 is 9.90 Å². The van der Waals surface area contributed by atoms with Crippen LogP contribution in [0.15, 0.2) is 23.3 Å². The van der Waals surface area contributed by atoms with Gasteiger partial charge in [-0.3, -0.25) is 0 Å². The number of fused-ring (bicyclic) bond motifs is 3. The summed E-state index contributed by atoms with van der Waals surface area (Å²) >= 11 is 0. The van der Waals surface area contributed by atoms with Crippen LogP contribution in [0.5, 0.6) is 0 Å². The number of carbonyl (C=O) groups excluding carboxylic acids is 1. The summed E-state index contributed by atoms with van der Waals surface area (Å²) in [6.45, 7) is 8.83. The van der Waals surface area contributed by atoms with Crippen molar-refractivity contribution >= 4 is 5.97 Å². The molecular formula is C20H29AgO2. The first-order valence-electron chi connectivity index (χ1n) is 8.91. The van der Waals surface area contributed by atoms with E-state index in [0.717, 1.165) is 25.7 Å². The molecule has 1 unspecified atom stereocenters. The van der Waals surface area contributed by atoms with E-state index in [1.54, 1.807) is 5.57 Å². The van der Waals surface area contributed by atoms with Crippen LogP contribution >= 0.6 is 0 Å². The summed E-state index contributed by atoms with van der Waals surface area (Å²) < 4.78 is 0. The molecule has 4 atom stereocenters. The normalized spacial score (nSPS) is 39.5. The zero-order valence-corrected chi connectivity index (χ0v) is 16.2. The first-order chi connectivity index (χ1) is 10.3. The van der Waals surface area contributed by atoms with Crippen LogP contribution in [0.4, 0.5) is 0 Å². The van der Waals surface area contributed by atoms with E-state index in [-0.39, 0.29) is 33.7 Å². The molecule has 0 radical (unpaired) electrons. The predicted molar refractivity (Wildman–Crippen MR) is 86.9 cm³/mol. The van der Waals surface area contributed by atoms with Crippen LogP contribution in [0.25, 0.3) is 0 Å². The van der Waals surface area contributed by atoms with Crippen molar-refractivity contribution in [2.24, 2.45) is 28.6 Å². The van der Waals surface area contributed by atoms with Gasteiger partial charge in [0.25, 0.3) is 0 Å². The van der Waals surface area contributed by atoms with Gasteiger partial charge in [-0.15, -0.1) is 0 Å². The van der Waals surface area contributed by atoms with Crippen molar-refractivity contribution in [2.45, 2.75) is 66.2 Å². The van der Waals surface area contributed by atoms with Gasteiger partial charge in [0, 0.05) is 11.4 Å². The Hall–Kier alpha value is -0.310. The number of carboxylic acid groups (broad SMARTS) is 1. The van der Waals surface area contributed by atoms with Crippen LogP contribution in [0.3, 0.4) is 0 Å². The van der Waals surface area contributed by atoms with Gasteiger partial charge >= 0.3 is 22.4 Å². The first-order valence-corrected chi connectivity index (χ1v) is 8.91. The molecule has 0 aromatic carbocycles. The average Bonchev–Trinajstić information content (AvgIpc) is 2.46. The summed E-state index contributed by atoms with van der Waals surface area (Å²) in [6, 6.07) is 0. The van der Waals surface area contributed by atoms with E-state index in [9.17, 15) is 9.90 Å². The Kier molecular flexibility index (Phi) is 5.41. The molecule has 0 bridgehead atoms. The number of carboxylic acids is 1. The monoisotopic (exact) mass is 408 g/mol. The quantitative estimate of drug-likeness (QED) is 0.650. The van der Waals surface area contributed by atoms with E-state index >= 15 is 0 Å². The third-order valence-electron chi connectivity index (χ3n) is 7.05. The maximum Gasteiger partial charge on any atom is 1.00 e. The van der Waals surface area contributed by atoms with Gasteiger partial charge in [0.05, 0.1) is 0 Å². The van der Waals surface area contributed by atoms with Gasteiger partial charge in [-0.05, 0) is 60.8 Å². The minimum Gasteiger partial charge on any atom is -0.550 e. The Morgan fingerprint density at radius 3 is 2.61 bits per heavy atom. The van der Waals surface area contributed by atoms with Crippen molar-refractivity contribution in [3.8, 4) is 0 Å². The van der Waals surface area contributed by atoms with E-state index in [1.165, 1.54) is 18.4 Å². The molecule has 3 rings (SSSR count). The molecule has 1 saturated carbocycles. The van der Waals surface area contributed by atoms with Crippen LogP contribution < -0.4 is 5.11 Å². The molecule has 0 heterocycles. The fourth-order valence-electron chi connectivity index (χ4n) is 5.59. The first kappa shape index (κ1) is 19.0. The van der Waals surface area contributed by atoms with Gasteiger partial charge in [-0.2, -0.15) is 0 Å². The van der Waals surface area contributed by atoms with Crippen molar-refractivity contribution in [3.05, 3.63) is 23.3 Å². The predicted octanol–water partition coefficient (Wildman–Crippen LogP) is 3.87. The second kappa shape index (κ2) is 6.54. The second-order valence-corrected chi connectivity index (χ2v) is 8.52. The summed E-state index contributed by atoms with van der Waals surface area (Å²) in [4.78, 5) is 11.8. The number of rotatable bonds is 2. The summed E-state index contributed by atoms with van der Waals surface area (Å²) in [5.74, 6) is 0.538. The number of hydrogen-bond donors (Lipinski definition) is 0. The molecule has 0 spiro atoms. The fourth-order valence-corrected chi connectivity index (χ4v) is 5.59. The Balaban J connectivity index is 0.00000192. The minimum atomic E-state index is -0.838. The van der Waals surface area contributed by atoms with Gasteiger partial charge in [-0.25, -0.2) is 0 Å². The van der Waals surface area contributed by atoms with Crippen molar-refractivity contribution in [2.75, 3.05) is 0 Å². The van der Waals surface area contributed by atoms with Crippen LogP contribution in [-0.2, 0) is 27.2 Å². The molecule has 0 aromatic heterocycles. The third-order valence-corrected chi connectivity index (χ3v) is 7.05. The molecule has 1 fully saturated rings. The molecule has 3 heteroatoms. The molecule has 3 aliphatic carbocycles. The Morgan fingerprint density at radius 1 is 1.30 bits per heavy atom. The molecular weight excluding hydrogens is 380 g/mol.